The van der Waals surface area contributed by atoms with Gasteiger partial charge in [-0.25, -0.2) is 13.4 Å². The fourth-order valence-electron chi connectivity index (χ4n) is 4.00. The van der Waals surface area contributed by atoms with E-state index in [1.54, 1.807) is 29.5 Å². The minimum Gasteiger partial charge on any atom is -0.298 e. The molecule has 0 spiro atoms. The van der Waals surface area contributed by atoms with Gasteiger partial charge < -0.3 is 0 Å². The zero-order valence-electron chi connectivity index (χ0n) is 15.5. The molecule has 2 aliphatic rings. The molecule has 1 amide bonds. The second kappa shape index (κ2) is 6.91. The smallest absolute Gasteiger partial charge is 0.257 e. The van der Waals surface area contributed by atoms with Crippen molar-refractivity contribution in [2.24, 2.45) is 0 Å². The van der Waals surface area contributed by atoms with Crippen LogP contribution in [-0.4, -0.2) is 31.6 Å². The molecule has 4 rings (SSSR count). The number of nitrogens with zero attached hydrogens (tertiary/aromatic N) is 2. The standard InChI is InChI=1S/C19H23N3O3S2/c1-12-10-14-11-13(8-9-16(14)22(12)27(2,24)25)18(23)21-19-20-15-6-4-3-5-7-17(15)26-19/h8-9,11-12H,3-7,10H2,1-2H3,(H,20,21,23). The molecule has 1 unspecified atom stereocenters. The van der Waals surface area contributed by atoms with E-state index in [0.29, 0.717) is 22.8 Å². The quantitative estimate of drug-likeness (QED) is 0.794. The third kappa shape index (κ3) is 3.60. The Kier molecular flexibility index (Phi) is 4.71. The summed E-state index contributed by atoms with van der Waals surface area (Å²) >= 11 is 1.57. The van der Waals surface area contributed by atoms with Crippen LogP contribution in [0.3, 0.4) is 0 Å². The number of benzene rings is 1. The summed E-state index contributed by atoms with van der Waals surface area (Å²) in [5.41, 5.74) is 3.21. The molecule has 0 bridgehead atoms. The lowest BCUT2D eigenvalue weighted by Crippen LogP contribution is -2.34. The molecule has 2 heterocycles. The van der Waals surface area contributed by atoms with Gasteiger partial charge >= 0.3 is 0 Å². The molecule has 144 valence electrons. The molecule has 1 aromatic heterocycles. The van der Waals surface area contributed by atoms with E-state index in [-0.39, 0.29) is 11.9 Å². The van der Waals surface area contributed by atoms with Crippen LogP contribution >= 0.6 is 11.3 Å². The lowest BCUT2D eigenvalue weighted by Gasteiger charge is -2.21. The summed E-state index contributed by atoms with van der Waals surface area (Å²) in [6, 6.07) is 5.07. The normalized spacial score (nSPS) is 19.3. The van der Waals surface area contributed by atoms with E-state index in [1.165, 1.54) is 28.3 Å². The molecule has 6 nitrogen and oxygen atoms in total. The van der Waals surface area contributed by atoms with E-state index in [4.69, 9.17) is 0 Å². The van der Waals surface area contributed by atoms with Gasteiger partial charge in [0.15, 0.2) is 5.13 Å². The van der Waals surface area contributed by atoms with Crippen LogP contribution in [0.4, 0.5) is 10.8 Å². The molecule has 1 aromatic carbocycles. The van der Waals surface area contributed by atoms with Crippen LogP contribution in [0.25, 0.3) is 0 Å². The number of thiazole rings is 1. The molecule has 1 aliphatic heterocycles. The Bertz CT molecular complexity index is 974. The Morgan fingerprint density at radius 2 is 2.04 bits per heavy atom. The molecular weight excluding hydrogens is 382 g/mol. The van der Waals surface area contributed by atoms with Crippen LogP contribution in [0.5, 0.6) is 0 Å². The maximum atomic E-state index is 12.7. The molecule has 8 heteroatoms. The van der Waals surface area contributed by atoms with Crippen molar-refractivity contribution in [3.8, 4) is 0 Å². The van der Waals surface area contributed by atoms with E-state index in [2.05, 4.69) is 10.3 Å². The highest BCUT2D eigenvalue weighted by Gasteiger charge is 2.32. The van der Waals surface area contributed by atoms with Gasteiger partial charge in [-0.05, 0) is 62.8 Å². The van der Waals surface area contributed by atoms with Crippen molar-refractivity contribution in [1.29, 1.82) is 0 Å². The number of anilines is 2. The first kappa shape index (κ1) is 18.4. The number of nitrogens with one attached hydrogen (secondary N) is 1. The van der Waals surface area contributed by atoms with E-state index in [9.17, 15) is 13.2 Å². The minimum absolute atomic E-state index is 0.136. The van der Waals surface area contributed by atoms with E-state index >= 15 is 0 Å². The molecule has 27 heavy (non-hydrogen) atoms. The third-order valence-corrected chi connectivity index (χ3v) is 7.51. The summed E-state index contributed by atoms with van der Waals surface area (Å²) in [7, 11) is -3.33. The molecule has 1 atom stereocenters. The van der Waals surface area contributed by atoms with Crippen LogP contribution < -0.4 is 9.62 Å². The van der Waals surface area contributed by atoms with Crippen molar-refractivity contribution in [2.75, 3.05) is 15.9 Å². The van der Waals surface area contributed by atoms with Crippen molar-refractivity contribution in [2.45, 2.75) is 51.5 Å². The van der Waals surface area contributed by atoms with Gasteiger partial charge in [0, 0.05) is 16.5 Å². The Hall–Kier alpha value is -1.93. The van der Waals surface area contributed by atoms with Crippen LogP contribution in [0.1, 0.15) is 52.7 Å². The average Bonchev–Trinajstić information content (AvgIpc) is 3.05. The molecule has 0 saturated heterocycles. The zero-order valence-corrected chi connectivity index (χ0v) is 17.1. The van der Waals surface area contributed by atoms with Gasteiger partial charge in [0.1, 0.15) is 0 Å². The number of fused-ring (bicyclic) bond motifs is 2. The van der Waals surface area contributed by atoms with Crippen molar-refractivity contribution in [1.82, 2.24) is 4.98 Å². The second-order valence-electron chi connectivity index (χ2n) is 7.36. The van der Waals surface area contributed by atoms with Gasteiger partial charge in [-0.15, -0.1) is 11.3 Å². The fraction of sp³-hybridized carbons (Fsp3) is 0.474. The molecule has 1 aliphatic carbocycles. The Morgan fingerprint density at radius 3 is 2.81 bits per heavy atom. The summed E-state index contributed by atoms with van der Waals surface area (Å²) in [5.74, 6) is -0.202. The van der Waals surface area contributed by atoms with Crippen molar-refractivity contribution >= 4 is 38.1 Å². The average molecular weight is 406 g/mol. The maximum absolute atomic E-state index is 12.7. The van der Waals surface area contributed by atoms with Gasteiger partial charge in [-0.2, -0.15) is 0 Å². The molecule has 0 fully saturated rings. The number of rotatable bonds is 3. The molecule has 0 saturated carbocycles. The minimum atomic E-state index is -3.33. The number of aromatic nitrogens is 1. The first-order valence-electron chi connectivity index (χ1n) is 9.25. The van der Waals surface area contributed by atoms with Gasteiger partial charge in [0.05, 0.1) is 17.6 Å². The molecule has 0 radical (unpaired) electrons. The molecular formula is C19H23N3O3S2. The van der Waals surface area contributed by atoms with Crippen LogP contribution in [-0.2, 0) is 29.3 Å². The van der Waals surface area contributed by atoms with E-state index in [1.807, 2.05) is 6.92 Å². The number of carbonyl (C=O) groups is 1. The monoisotopic (exact) mass is 405 g/mol. The number of sulfonamides is 1. The highest BCUT2D eigenvalue weighted by Crippen LogP contribution is 2.35. The van der Waals surface area contributed by atoms with Crippen LogP contribution in [0.2, 0.25) is 0 Å². The largest absolute Gasteiger partial charge is 0.298 e. The SMILES string of the molecule is CC1Cc2cc(C(=O)Nc3nc4c(s3)CCCCC4)ccc2N1S(C)(=O)=O. The highest BCUT2D eigenvalue weighted by molar-refractivity contribution is 7.92. The van der Waals surface area contributed by atoms with Crippen molar-refractivity contribution < 1.29 is 13.2 Å². The van der Waals surface area contributed by atoms with Crippen molar-refractivity contribution in [3.63, 3.8) is 0 Å². The predicted molar refractivity (Wildman–Crippen MR) is 108 cm³/mol. The number of carbonyl (C=O) groups excluding carboxylic acids is 1. The number of hydrogen-bond acceptors (Lipinski definition) is 5. The Morgan fingerprint density at radius 1 is 1.26 bits per heavy atom. The summed E-state index contributed by atoms with van der Waals surface area (Å²) < 4.78 is 25.5. The second-order valence-corrected chi connectivity index (χ2v) is 10.3. The van der Waals surface area contributed by atoms with Gasteiger partial charge in [-0.1, -0.05) is 6.42 Å². The summed E-state index contributed by atoms with van der Waals surface area (Å²) in [4.78, 5) is 18.6. The van der Waals surface area contributed by atoms with Gasteiger partial charge in [-0.3, -0.25) is 14.4 Å². The summed E-state index contributed by atoms with van der Waals surface area (Å²) in [6.07, 6.45) is 7.43. The number of hydrogen-bond donors (Lipinski definition) is 1. The summed E-state index contributed by atoms with van der Waals surface area (Å²) in [6.45, 7) is 1.88. The van der Waals surface area contributed by atoms with E-state index < -0.39 is 10.0 Å². The van der Waals surface area contributed by atoms with E-state index in [0.717, 1.165) is 30.5 Å². The van der Waals surface area contributed by atoms with Gasteiger partial charge in [0.2, 0.25) is 10.0 Å². The first-order chi connectivity index (χ1) is 12.8. The molecule has 1 N–H and O–H groups in total. The van der Waals surface area contributed by atoms with Crippen LogP contribution in [0.15, 0.2) is 18.2 Å². The predicted octanol–water partition coefficient (Wildman–Crippen LogP) is 3.37. The van der Waals surface area contributed by atoms with Crippen LogP contribution in [0, 0.1) is 0 Å². The van der Waals surface area contributed by atoms with Crippen molar-refractivity contribution in [3.05, 3.63) is 39.9 Å². The number of amides is 1. The zero-order chi connectivity index (χ0) is 19.2. The lowest BCUT2D eigenvalue weighted by atomic mass is 10.1. The first-order valence-corrected chi connectivity index (χ1v) is 11.9. The Labute approximate surface area is 163 Å². The fourth-order valence-corrected chi connectivity index (χ4v) is 6.31. The number of aryl methyl sites for hydroxylation is 2. The van der Waals surface area contributed by atoms with Gasteiger partial charge in [0.25, 0.3) is 5.91 Å². The molecule has 2 aromatic rings. The third-order valence-electron chi connectivity index (χ3n) is 5.17. The highest BCUT2D eigenvalue weighted by atomic mass is 32.2. The lowest BCUT2D eigenvalue weighted by molar-refractivity contribution is 0.102. The Balaban J connectivity index is 1.55. The maximum Gasteiger partial charge on any atom is 0.257 e. The topological polar surface area (TPSA) is 79.4 Å². The summed E-state index contributed by atoms with van der Waals surface area (Å²) in [5, 5.41) is 3.57.